The molecule has 0 saturated heterocycles. The van der Waals surface area contributed by atoms with E-state index < -0.39 is 10.0 Å². The van der Waals surface area contributed by atoms with Gasteiger partial charge in [-0.2, -0.15) is 0 Å². The van der Waals surface area contributed by atoms with Crippen LogP contribution in [-0.4, -0.2) is 43.9 Å². The molecule has 2 aliphatic carbocycles. The second kappa shape index (κ2) is 5.47. The lowest BCUT2D eigenvalue weighted by atomic mass is 9.89. The number of nitrogens with zero attached hydrogens (tertiary/aromatic N) is 2. The summed E-state index contributed by atoms with van der Waals surface area (Å²) < 4.78 is 26.7. The fraction of sp³-hybridized carbons (Fsp3) is 0.625. The van der Waals surface area contributed by atoms with Crippen LogP contribution in [0, 0.1) is 17.8 Å². The van der Waals surface area contributed by atoms with Crippen molar-refractivity contribution in [2.45, 2.75) is 25.7 Å². The largest absolute Gasteiger partial charge is 0.352 e. The number of rotatable bonds is 3. The monoisotopic (exact) mass is 335 g/mol. The number of hydrogen-bond acceptors (Lipinski definition) is 4. The molecule has 0 aromatic heterocycles. The predicted molar refractivity (Wildman–Crippen MR) is 87.1 cm³/mol. The van der Waals surface area contributed by atoms with Gasteiger partial charge in [-0.05, 0) is 49.2 Å². The first-order valence-corrected chi connectivity index (χ1v) is 9.88. The number of amidine groups is 1. The van der Waals surface area contributed by atoms with E-state index in [1.807, 2.05) is 0 Å². The molecular weight excluding hydrogens is 314 g/mol. The van der Waals surface area contributed by atoms with Crippen molar-refractivity contribution in [2.75, 3.05) is 18.8 Å². The summed E-state index contributed by atoms with van der Waals surface area (Å²) in [6.07, 6.45) is 10.2. The van der Waals surface area contributed by atoms with Crippen molar-refractivity contribution >= 4 is 21.8 Å². The summed E-state index contributed by atoms with van der Waals surface area (Å²) in [5, 5.41) is 3.05. The van der Waals surface area contributed by atoms with E-state index in [9.17, 15) is 13.2 Å². The number of sulfonamides is 1. The summed E-state index contributed by atoms with van der Waals surface area (Å²) >= 11 is 0. The molecule has 2 aliphatic heterocycles. The minimum absolute atomic E-state index is 0.0130. The zero-order chi connectivity index (χ0) is 16.0. The summed E-state index contributed by atoms with van der Waals surface area (Å²) in [6, 6.07) is 0. The summed E-state index contributed by atoms with van der Waals surface area (Å²) in [5.74, 6) is 2.59. The molecule has 124 valence electrons. The SMILES string of the molecule is O=C(NC[C@@H]1C[C@H]2CC[C@H]1C2)C1=CN2CCS(=O)(=O)N=C2C=C1. The van der Waals surface area contributed by atoms with E-state index in [-0.39, 0.29) is 11.7 Å². The molecule has 1 N–H and O–H groups in total. The molecule has 4 aliphatic rings. The number of amides is 1. The van der Waals surface area contributed by atoms with Gasteiger partial charge in [-0.1, -0.05) is 6.42 Å². The number of hydrogen-bond donors (Lipinski definition) is 1. The maximum absolute atomic E-state index is 12.3. The summed E-state index contributed by atoms with van der Waals surface area (Å²) in [7, 11) is -3.35. The molecule has 1 amide bonds. The van der Waals surface area contributed by atoms with Crippen LogP contribution in [0.15, 0.2) is 28.3 Å². The maximum atomic E-state index is 12.3. The van der Waals surface area contributed by atoms with Crippen LogP contribution in [0.1, 0.15) is 25.7 Å². The molecule has 4 rings (SSSR count). The lowest BCUT2D eigenvalue weighted by Crippen LogP contribution is -2.38. The van der Waals surface area contributed by atoms with Crippen molar-refractivity contribution in [3.63, 3.8) is 0 Å². The third-order valence-corrected chi connectivity index (χ3v) is 6.66. The molecule has 0 aromatic rings. The zero-order valence-corrected chi connectivity index (χ0v) is 13.8. The molecule has 2 saturated carbocycles. The molecule has 7 heteroatoms. The Morgan fingerprint density at radius 2 is 2.17 bits per heavy atom. The van der Waals surface area contributed by atoms with E-state index in [0.717, 1.165) is 18.4 Å². The van der Waals surface area contributed by atoms with Gasteiger partial charge in [0, 0.05) is 19.3 Å². The van der Waals surface area contributed by atoms with E-state index in [2.05, 4.69) is 9.71 Å². The fourth-order valence-corrected chi connectivity index (χ4v) is 5.26. The highest BCUT2D eigenvalue weighted by Crippen LogP contribution is 2.47. The average molecular weight is 335 g/mol. The van der Waals surface area contributed by atoms with Gasteiger partial charge < -0.3 is 10.2 Å². The molecule has 2 fully saturated rings. The van der Waals surface area contributed by atoms with Crippen molar-refractivity contribution < 1.29 is 13.2 Å². The predicted octanol–water partition coefficient (Wildman–Crippen LogP) is 1.04. The maximum Gasteiger partial charge on any atom is 0.256 e. The van der Waals surface area contributed by atoms with Crippen molar-refractivity contribution in [1.29, 1.82) is 0 Å². The Hall–Kier alpha value is -1.63. The van der Waals surface area contributed by atoms with Crippen LogP contribution in [-0.2, 0) is 14.8 Å². The van der Waals surface area contributed by atoms with Crippen LogP contribution < -0.4 is 5.32 Å². The van der Waals surface area contributed by atoms with Gasteiger partial charge in [0.25, 0.3) is 15.9 Å². The zero-order valence-electron chi connectivity index (χ0n) is 12.9. The molecule has 2 bridgehead atoms. The Morgan fingerprint density at radius 1 is 1.30 bits per heavy atom. The van der Waals surface area contributed by atoms with Gasteiger partial charge in [-0.3, -0.25) is 4.79 Å². The minimum atomic E-state index is -3.35. The quantitative estimate of drug-likeness (QED) is 0.836. The minimum Gasteiger partial charge on any atom is -0.352 e. The van der Waals surface area contributed by atoms with Gasteiger partial charge in [-0.25, -0.2) is 8.42 Å². The highest BCUT2D eigenvalue weighted by molar-refractivity contribution is 7.90. The smallest absolute Gasteiger partial charge is 0.256 e. The van der Waals surface area contributed by atoms with E-state index >= 15 is 0 Å². The second-order valence-electron chi connectivity index (χ2n) is 6.99. The molecule has 0 unspecified atom stereocenters. The number of carbonyl (C=O) groups excluding carboxylic acids is 1. The van der Waals surface area contributed by atoms with Crippen molar-refractivity contribution in [1.82, 2.24) is 10.2 Å². The molecule has 3 atom stereocenters. The van der Waals surface area contributed by atoms with Gasteiger partial charge in [0.2, 0.25) is 0 Å². The van der Waals surface area contributed by atoms with E-state index in [1.165, 1.54) is 25.7 Å². The average Bonchev–Trinajstić information content (AvgIpc) is 3.14. The van der Waals surface area contributed by atoms with E-state index in [0.29, 0.717) is 23.9 Å². The molecule has 0 aromatic carbocycles. The fourth-order valence-electron chi connectivity index (χ4n) is 4.29. The van der Waals surface area contributed by atoms with Crippen LogP contribution in [0.4, 0.5) is 0 Å². The van der Waals surface area contributed by atoms with Crippen molar-refractivity contribution in [2.24, 2.45) is 22.2 Å². The first kappa shape index (κ1) is 14.9. The molecular formula is C16H21N3O3S. The van der Waals surface area contributed by atoms with Crippen LogP contribution in [0.3, 0.4) is 0 Å². The third-order valence-electron chi connectivity index (χ3n) is 5.50. The van der Waals surface area contributed by atoms with Crippen LogP contribution in [0.25, 0.3) is 0 Å². The number of nitrogens with one attached hydrogen (secondary N) is 1. The molecule has 0 radical (unpaired) electrons. The summed E-state index contributed by atoms with van der Waals surface area (Å²) in [5.41, 5.74) is 0.561. The summed E-state index contributed by atoms with van der Waals surface area (Å²) in [6.45, 7) is 1.09. The Kier molecular flexibility index (Phi) is 3.55. The van der Waals surface area contributed by atoms with Crippen LogP contribution in [0.5, 0.6) is 0 Å². The highest BCUT2D eigenvalue weighted by Gasteiger charge is 2.39. The molecule has 6 nitrogen and oxygen atoms in total. The Balaban J connectivity index is 1.38. The third kappa shape index (κ3) is 2.94. The first-order valence-electron chi connectivity index (χ1n) is 8.27. The summed E-state index contributed by atoms with van der Waals surface area (Å²) in [4.78, 5) is 14.1. The molecule has 0 spiro atoms. The first-order chi connectivity index (χ1) is 11.0. The van der Waals surface area contributed by atoms with E-state index in [1.54, 1.807) is 23.3 Å². The Labute approximate surface area is 136 Å². The van der Waals surface area contributed by atoms with Gasteiger partial charge in [0.05, 0.1) is 11.3 Å². The molecule has 23 heavy (non-hydrogen) atoms. The van der Waals surface area contributed by atoms with Crippen LogP contribution in [0.2, 0.25) is 0 Å². The second-order valence-corrected chi connectivity index (χ2v) is 8.75. The lowest BCUT2D eigenvalue weighted by molar-refractivity contribution is -0.117. The molecule has 2 heterocycles. The normalized spacial score (nSPS) is 33.9. The van der Waals surface area contributed by atoms with Gasteiger partial charge in [-0.15, -0.1) is 4.40 Å². The van der Waals surface area contributed by atoms with Gasteiger partial charge in [0.15, 0.2) is 0 Å². The lowest BCUT2D eigenvalue weighted by Gasteiger charge is -2.27. The Morgan fingerprint density at radius 3 is 2.91 bits per heavy atom. The Bertz CT molecular complexity index is 723. The number of carbonyl (C=O) groups is 1. The van der Waals surface area contributed by atoms with Gasteiger partial charge >= 0.3 is 0 Å². The van der Waals surface area contributed by atoms with Crippen molar-refractivity contribution in [3.8, 4) is 0 Å². The number of fused-ring (bicyclic) bond motifs is 3. The van der Waals surface area contributed by atoms with E-state index in [4.69, 9.17) is 0 Å². The standard InChI is InChI=1S/C16H21N3O3S/c20-16(17-9-14-8-11-1-2-12(14)7-11)13-3-4-15-18-23(21,22)6-5-19(15)10-13/h3-4,10-12,14H,1-2,5-9H2,(H,17,20)/t11-,12-,14-/m0/s1. The topological polar surface area (TPSA) is 78.8 Å². The highest BCUT2D eigenvalue weighted by atomic mass is 32.2. The van der Waals surface area contributed by atoms with Gasteiger partial charge in [0.1, 0.15) is 5.84 Å². The van der Waals surface area contributed by atoms with Crippen molar-refractivity contribution in [3.05, 3.63) is 23.9 Å². The van der Waals surface area contributed by atoms with Crippen LogP contribution >= 0.6 is 0 Å².